The largest absolute Gasteiger partial charge is 0.354 e. The van der Waals surface area contributed by atoms with Gasteiger partial charge in [0.05, 0.1) is 4.91 Å². The van der Waals surface area contributed by atoms with Crippen LogP contribution in [0.4, 0.5) is 4.79 Å². The highest BCUT2D eigenvalue weighted by Crippen LogP contribution is 2.31. The smallest absolute Gasteiger partial charge is 0.293 e. The molecule has 176 valence electrons. The predicted octanol–water partition coefficient (Wildman–Crippen LogP) is 4.04. The molecule has 2 aliphatic heterocycles. The summed E-state index contributed by atoms with van der Waals surface area (Å²) < 4.78 is 0. The van der Waals surface area contributed by atoms with Crippen LogP contribution in [0.15, 0.2) is 59.5 Å². The number of hydrogen-bond donors (Lipinski definition) is 1. The Balaban J connectivity index is 1.23. The van der Waals surface area contributed by atoms with Gasteiger partial charge in [-0.2, -0.15) is 0 Å². The van der Waals surface area contributed by atoms with Gasteiger partial charge in [0, 0.05) is 42.7 Å². The Kier molecular flexibility index (Phi) is 7.70. The van der Waals surface area contributed by atoms with Crippen molar-refractivity contribution in [3.05, 3.63) is 75.7 Å². The summed E-state index contributed by atoms with van der Waals surface area (Å²) in [6.45, 7) is 1.30. The van der Waals surface area contributed by atoms with Crippen LogP contribution in [-0.4, -0.2) is 58.9 Å². The van der Waals surface area contributed by atoms with E-state index in [0.29, 0.717) is 41.4 Å². The van der Waals surface area contributed by atoms with Crippen LogP contribution >= 0.6 is 23.4 Å². The van der Waals surface area contributed by atoms with E-state index in [1.165, 1.54) is 0 Å². The number of nitrogens with one attached hydrogen (secondary N) is 1. The third-order valence-corrected chi connectivity index (χ3v) is 7.01. The summed E-state index contributed by atoms with van der Waals surface area (Å²) in [6.07, 6.45) is 2.82. The zero-order chi connectivity index (χ0) is 24.1. The van der Waals surface area contributed by atoms with Crippen LogP contribution < -0.4 is 5.32 Å². The lowest BCUT2D eigenvalue weighted by atomic mass is 9.95. The summed E-state index contributed by atoms with van der Waals surface area (Å²) >= 11 is 6.79. The van der Waals surface area contributed by atoms with Gasteiger partial charge in [-0.05, 0) is 60.5 Å². The van der Waals surface area contributed by atoms with Crippen molar-refractivity contribution >= 4 is 52.4 Å². The number of carbonyl (C=O) groups is 4. The van der Waals surface area contributed by atoms with Gasteiger partial charge < -0.3 is 10.2 Å². The molecule has 1 N–H and O–H groups in total. The van der Waals surface area contributed by atoms with E-state index in [-0.39, 0.29) is 42.0 Å². The Bertz CT molecular complexity index is 1110. The van der Waals surface area contributed by atoms with E-state index in [2.05, 4.69) is 5.32 Å². The molecule has 0 radical (unpaired) electrons. The average Bonchev–Trinajstić information content (AvgIpc) is 3.12. The Morgan fingerprint density at radius 2 is 1.71 bits per heavy atom. The van der Waals surface area contributed by atoms with Crippen LogP contribution in [-0.2, 0) is 9.59 Å². The topological polar surface area (TPSA) is 86.8 Å². The van der Waals surface area contributed by atoms with Crippen LogP contribution in [0.25, 0.3) is 6.08 Å². The predicted molar refractivity (Wildman–Crippen MR) is 132 cm³/mol. The Morgan fingerprint density at radius 1 is 1.03 bits per heavy atom. The highest BCUT2D eigenvalue weighted by Gasteiger charge is 2.35. The van der Waals surface area contributed by atoms with E-state index in [1.807, 2.05) is 30.3 Å². The zero-order valence-electron chi connectivity index (χ0n) is 18.4. The maximum Gasteiger partial charge on any atom is 0.293 e. The molecule has 2 aromatic rings. The maximum atomic E-state index is 12.6. The molecule has 0 spiro atoms. The number of hydrogen-bond acceptors (Lipinski definition) is 5. The number of benzene rings is 2. The number of halogens is 1. The van der Waals surface area contributed by atoms with E-state index in [0.717, 1.165) is 22.2 Å². The van der Waals surface area contributed by atoms with Crippen molar-refractivity contribution < 1.29 is 19.2 Å². The molecule has 2 heterocycles. The summed E-state index contributed by atoms with van der Waals surface area (Å²) in [7, 11) is 0. The van der Waals surface area contributed by atoms with Gasteiger partial charge in [-0.15, -0.1) is 0 Å². The second-order valence-corrected chi connectivity index (χ2v) is 9.54. The molecule has 0 unspecified atom stereocenters. The van der Waals surface area contributed by atoms with Crippen molar-refractivity contribution in [3.63, 3.8) is 0 Å². The standard InChI is InChI=1S/C25H24ClN3O4S/c26-20-8-6-19(7-9-20)23(31)28-13-10-18(11-14-28)22(30)27-12-15-29-24(32)21(34-25(29)33)16-17-4-2-1-3-5-17/h1-9,16,18H,10-15H2,(H,27,30). The molecule has 0 aromatic heterocycles. The first-order chi connectivity index (χ1) is 16.4. The van der Waals surface area contributed by atoms with Crippen molar-refractivity contribution in [3.8, 4) is 0 Å². The van der Waals surface area contributed by atoms with Crippen LogP contribution in [0.2, 0.25) is 5.02 Å². The minimum Gasteiger partial charge on any atom is -0.354 e. The minimum atomic E-state index is -0.345. The zero-order valence-corrected chi connectivity index (χ0v) is 20.0. The number of carbonyl (C=O) groups excluding carboxylic acids is 4. The summed E-state index contributed by atoms with van der Waals surface area (Å²) in [4.78, 5) is 53.3. The lowest BCUT2D eigenvalue weighted by Gasteiger charge is -2.31. The van der Waals surface area contributed by atoms with E-state index in [4.69, 9.17) is 11.6 Å². The molecule has 0 saturated carbocycles. The number of amides is 4. The number of likely N-dealkylation sites (tertiary alicyclic amines) is 1. The molecule has 4 amide bonds. The van der Waals surface area contributed by atoms with Crippen molar-refractivity contribution in [1.82, 2.24) is 15.1 Å². The number of rotatable bonds is 6. The lowest BCUT2D eigenvalue weighted by molar-refractivity contribution is -0.127. The van der Waals surface area contributed by atoms with Crippen LogP contribution in [0.5, 0.6) is 0 Å². The van der Waals surface area contributed by atoms with Gasteiger partial charge >= 0.3 is 0 Å². The molecule has 2 fully saturated rings. The van der Waals surface area contributed by atoms with E-state index < -0.39 is 0 Å². The van der Waals surface area contributed by atoms with Crippen LogP contribution in [0.1, 0.15) is 28.8 Å². The molecule has 9 heteroatoms. The first kappa shape index (κ1) is 24.0. The first-order valence-electron chi connectivity index (χ1n) is 11.1. The first-order valence-corrected chi connectivity index (χ1v) is 12.2. The van der Waals surface area contributed by atoms with Crippen LogP contribution in [0, 0.1) is 5.92 Å². The highest BCUT2D eigenvalue weighted by molar-refractivity contribution is 8.18. The summed E-state index contributed by atoms with van der Waals surface area (Å²) in [6, 6.07) is 16.1. The summed E-state index contributed by atoms with van der Waals surface area (Å²) in [5, 5.41) is 3.07. The average molecular weight is 498 g/mol. The molecule has 4 rings (SSSR count). The van der Waals surface area contributed by atoms with Gasteiger partial charge in [0.25, 0.3) is 17.1 Å². The van der Waals surface area contributed by atoms with E-state index >= 15 is 0 Å². The molecular formula is C25H24ClN3O4S. The molecule has 0 aliphatic carbocycles. The van der Waals surface area contributed by atoms with Crippen molar-refractivity contribution in [1.29, 1.82) is 0 Å². The fourth-order valence-electron chi connectivity index (χ4n) is 3.95. The monoisotopic (exact) mass is 497 g/mol. The minimum absolute atomic E-state index is 0.0709. The molecular weight excluding hydrogens is 474 g/mol. The third-order valence-electron chi connectivity index (χ3n) is 5.85. The fraction of sp³-hybridized carbons (Fsp3) is 0.280. The summed E-state index contributed by atoms with van der Waals surface area (Å²) in [5.74, 6) is -0.742. The molecule has 0 atom stereocenters. The quantitative estimate of drug-likeness (QED) is 0.608. The Morgan fingerprint density at radius 3 is 2.38 bits per heavy atom. The van der Waals surface area contributed by atoms with Gasteiger partial charge in [-0.25, -0.2) is 0 Å². The second-order valence-electron chi connectivity index (χ2n) is 8.11. The number of thioether (sulfide) groups is 1. The van der Waals surface area contributed by atoms with Crippen molar-refractivity contribution in [2.24, 2.45) is 5.92 Å². The van der Waals surface area contributed by atoms with Gasteiger partial charge in [-0.1, -0.05) is 41.9 Å². The van der Waals surface area contributed by atoms with Crippen LogP contribution in [0.3, 0.4) is 0 Å². The molecule has 34 heavy (non-hydrogen) atoms. The summed E-state index contributed by atoms with van der Waals surface area (Å²) in [5.41, 5.74) is 1.42. The number of piperidine rings is 1. The van der Waals surface area contributed by atoms with Gasteiger partial charge in [0.1, 0.15) is 0 Å². The third kappa shape index (κ3) is 5.69. The fourth-order valence-corrected chi connectivity index (χ4v) is 4.94. The maximum absolute atomic E-state index is 12.6. The van der Waals surface area contributed by atoms with Crippen molar-refractivity contribution in [2.45, 2.75) is 12.8 Å². The Hall–Kier alpha value is -3.10. The number of imide groups is 1. The van der Waals surface area contributed by atoms with Gasteiger partial charge in [-0.3, -0.25) is 24.1 Å². The van der Waals surface area contributed by atoms with Gasteiger partial charge in [0.2, 0.25) is 5.91 Å². The molecule has 0 bridgehead atoms. The SMILES string of the molecule is O=C(NCCN1C(=O)SC(=Cc2ccccc2)C1=O)C1CCN(C(=O)c2ccc(Cl)cc2)CC1. The highest BCUT2D eigenvalue weighted by atomic mass is 35.5. The van der Waals surface area contributed by atoms with Crippen molar-refractivity contribution in [2.75, 3.05) is 26.2 Å². The second kappa shape index (κ2) is 10.9. The van der Waals surface area contributed by atoms with E-state index in [1.54, 1.807) is 35.2 Å². The molecule has 2 aliphatic rings. The normalized spacial score (nSPS) is 18.0. The number of nitrogens with zero attached hydrogens (tertiary/aromatic N) is 2. The molecule has 2 saturated heterocycles. The van der Waals surface area contributed by atoms with E-state index in [9.17, 15) is 19.2 Å². The molecule has 2 aromatic carbocycles. The van der Waals surface area contributed by atoms with Gasteiger partial charge in [0.15, 0.2) is 0 Å². The Labute approximate surface area is 207 Å². The lowest BCUT2D eigenvalue weighted by Crippen LogP contribution is -2.44. The molecule has 7 nitrogen and oxygen atoms in total.